The second-order valence-electron chi connectivity index (χ2n) is 5.89. The van der Waals surface area contributed by atoms with E-state index in [1.807, 2.05) is 18.4 Å². The third-order valence-corrected chi connectivity index (χ3v) is 6.97. The minimum Gasteiger partial charge on any atom is -0.322 e. The van der Waals surface area contributed by atoms with Crippen LogP contribution in [0.2, 0.25) is 10.0 Å². The smallest absolute Gasteiger partial charge is 0.261 e. The average molecular weight is 467 g/mol. The highest BCUT2D eigenvalue weighted by atomic mass is 35.5. The maximum atomic E-state index is 12.6. The van der Waals surface area contributed by atoms with E-state index < -0.39 is 10.0 Å². The molecule has 0 fully saturated rings. The van der Waals surface area contributed by atoms with Gasteiger partial charge in [-0.15, -0.1) is 11.8 Å². The molecular formula is C20H16Cl2N2O3S2. The van der Waals surface area contributed by atoms with Gasteiger partial charge in [0, 0.05) is 10.6 Å². The molecule has 0 bridgehead atoms. The van der Waals surface area contributed by atoms with Crippen molar-refractivity contribution >= 4 is 62.3 Å². The SMILES string of the molecule is CSc1ccccc1C(=O)Nc1ccc(S(=O)(=O)Nc2cccc(Cl)c2Cl)cc1. The zero-order valence-corrected chi connectivity index (χ0v) is 18.3. The van der Waals surface area contributed by atoms with E-state index in [0.717, 1.165) is 4.90 Å². The number of amides is 1. The molecule has 0 saturated carbocycles. The first-order chi connectivity index (χ1) is 13.8. The van der Waals surface area contributed by atoms with Gasteiger partial charge in [0.2, 0.25) is 0 Å². The van der Waals surface area contributed by atoms with Crippen LogP contribution >= 0.6 is 35.0 Å². The molecule has 0 aliphatic rings. The van der Waals surface area contributed by atoms with Crippen molar-refractivity contribution in [2.45, 2.75) is 9.79 Å². The van der Waals surface area contributed by atoms with Gasteiger partial charge >= 0.3 is 0 Å². The average Bonchev–Trinajstić information content (AvgIpc) is 2.71. The van der Waals surface area contributed by atoms with Crippen molar-refractivity contribution in [1.82, 2.24) is 0 Å². The highest BCUT2D eigenvalue weighted by Crippen LogP contribution is 2.31. The van der Waals surface area contributed by atoms with Crippen molar-refractivity contribution in [2.75, 3.05) is 16.3 Å². The minimum atomic E-state index is -3.87. The first-order valence-corrected chi connectivity index (χ1v) is 11.8. The van der Waals surface area contributed by atoms with Crippen molar-refractivity contribution in [2.24, 2.45) is 0 Å². The molecule has 150 valence electrons. The van der Waals surface area contributed by atoms with Crippen LogP contribution in [0.5, 0.6) is 0 Å². The number of thioether (sulfide) groups is 1. The topological polar surface area (TPSA) is 75.3 Å². The van der Waals surface area contributed by atoms with Crippen LogP contribution in [0.15, 0.2) is 76.5 Å². The number of benzene rings is 3. The van der Waals surface area contributed by atoms with Gasteiger partial charge in [-0.05, 0) is 54.8 Å². The van der Waals surface area contributed by atoms with Crippen LogP contribution in [0.4, 0.5) is 11.4 Å². The fourth-order valence-electron chi connectivity index (χ4n) is 2.53. The summed E-state index contributed by atoms with van der Waals surface area (Å²) >= 11 is 13.4. The number of carbonyl (C=O) groups excluding carboxylic acids is 1. The summed E-state index contributed by atoms with van der Waals surface area (Å²) in [6.07, 6.45) is 1.89. The highest BCUT2D eigenvalue weighted by Gasteiger charge is 2.17. The third-order valence-electron chi connectivity index (χ3n) is 3.97. The van der Waals surface area contributed by atoms with Crippen LogP contribution in [0, 0.1) is 0 Å². The van der Waals surface area contributed by atoms with Crippen LogP contribution in [0.25, 0.3) is 0 Å². The van der Waals surface area contributed by atoms with E-state index in [1.54, 1.807) is 24.3 Å². The quantitative estimate of drug-likeness (QED) is 0.452. The van der Waals surface area contributed by atoms with Crippen molar-refractivity contribution in [1.29, 1.82) is 0 Å². The predicted octanol–water partition coefficient (Wildman–Crippen LogP) is 5.77. The lowest BCUT2D eigenvalue weighted by Crippen LogP contribution is -2.15. The van der Waals surface area contributed by atoms with Crippen LogP contribution in [0.1, 0.15) is 10.4 Å². The summed E-state index contributed by atoms with van der Waals surface area (Å²) in [5.41, 5.74) is 1.21. The highest BCUT2D eigenvalue weighted by molar-refractivity contribution is 7.98. The normalized spacial score (nSPS) is 11.1. The zero-order chi connectivity index (χ0) is 21.0. The standard InChI is InChI=1S/C20H16Cl2N2O3S2/c1-28-18-8-3-2-5-15(18)20(25)23-13-9-11-14(12-10-13)29(26,27)24-17-7-4-6-16(21)19(17)22/h2-12,24H,1H3,(H,23,25). The summed E-state index contributed by atoms with van der Waals surface area (Å²) in [5.74, 6) is -0.269. The number of halogens is 2. The lowest BCUT2D eigenvalue weighted by Gasteiger charge is -2.12. The molecular weight excluding hydrogens is 451 g/mol. The second-order valence-corrected chi connectivity index (χ2v) is 9.20. The van der Waals surface area contributed by atoms with Crippen molar-refractivity contribution in [3.8, 4) is 0 Å². The summed E-state index contributed by atoms with van der Waals surface area (Å²) in [5, 5.41) is 3.14. The van der Waals surface area contributed by atoms with Gasteiger partial charge in [-0.1, -0.05) is 41.4 Å². The number of hydrogen-bond acceptors (Lipinski definition) is 4. The molecule has 0 aliphatic carbocycles. The summed E-state index contributed by atoms with van der Waals surface area (Å²) in [6.45, 7) is 0. The second kappa shape index (κ2) is 9.09. The monoisotopic (exact) mass is 466 g/mol. The molecule has 0 radical (unpaired) electrons. The maximum absolute atomic E-state index is 12.6. The van der Waals surface area contributed by atoms with E-state index in [1.165, 1.54) is 42.1 Å². The zero-order valence-electron chi connectivity index (χ0n) is 15.1. The van der Waals surface area contributed by atoms with Gasteiger partial charge in [-0.25, -0.2) is 8.42 Å². The molecule has 2 N–H and O–H groups in total. The Morgan fingerprint density at radius 1 is 0.931 bits per heavy atom. The fraction of sp³-hybridized carbons (Fsp3) is 0.0500. The molecule has 0 spiro atoms. The molecule has 0 atom stereocenters. The van der Waals surface area contributed by atoms with Crippen LogP contribution in [-0.4, -0.2) is 20.6 Å². The predicted molar refractivity (Wildman–Crippen MR) is 120 cm³/mol. The molecule has 1 amide bonds. The molecule has 3 aromatic carbocycles. The Labute approximate surface area is 183 Å². The van der Waals surface area contributed by atoms with Gasteiger partial charge in [0.15, 0.2) is 0 Å². The molecule has 0 aromatic heterocycles. The number of anilines is 2. The number of nitrogens with one attached hydrogen (secondary N) is 2. The minimum absolute atomic E-state index is 0.0241. The molecule has 0 unspecified atom stereocenters. The summed E-state index contributed by atoms with van der Waals surface area (Å²) in [6, 6.07) is 17.8. The number of rotatable bonds is 6. The summed E-state index contributed by atoms with van der Waals surface area (Å²) in [4.78, 5) is 13.4. The Morgan fingerprint density at radius 2 is 1.62 bits per heavy atom. The first kappa shape index (κ1) is 21.5. The maximum Gasteiger partial charge on any atom is 0.261 e. The number of hydrogen-bond donors (Lipinski definition) is 2. The Balaban J connectivity index is 1.77. The molecule has 5 nitrogen and oxygen atoms in total. The van der Waals surface area contributed by atoms with Gasteiger partial charge < -0.3 is 5.32 Å². The van der Waals surface area contributed by atoms with E-state index in [-0.39, 0.29) is 26.5 Å². The molecule has 9 heteroatoms. The van der Waals surface area contributed by atoms with Crippen molar-refractivity contribution < 1.29 is 13.2 Å². The van der Waals surface area contributed by atoms with E-state index in [4.69, 9.17) is 23.2 Å². The van der Waals surface area contributed by atoms with Crippen molar-refractivity contribution in [3.63, 3.8) is 0 Å². The molecule has 3 aromatic rings. The van der Waals surface area contributed by atoms with E-state index in [9.17, 15) is 13.2 Å². The Kier molecular flexibility index (Phi) is 6.74. The van der Waals surface area contributed by atoms with Crippen LogP contribution in [0.3, 0.4) is 0 Å². The van der Waals surface area contributed by atoms with Gasteiger partial charge in [-0.2, -0.15) is 0 Å². The van der Waals surface area contributed by atoms with E-state index in [0.29, 0.717) is 11.3 Å². The number of carbonyl (C=O) groups is 1. The largest absolute Gasteiger partial charge is 0.322 e. The molecule has 0 aliphatic heterocycles. The van der Waals surface area contributed by atoms with Gasteiger partial charge in [0.1, 0.15) is 0 Å². The first-order valence-electron chi connectivity index (χ1n) is 8.33. The Hall–Kier alpha value is -2.19. The van der Waals surface area contributed by atoms with Gasteiger partial charge in [0.05, 0.1) is 26.2 Å². The van der Waals surface area contributed by atoms with Crippen LogP contribution < -0.4 is 10.0 Å². The lowest BCUT2D eigenvalue weighted by atomic mass is 10.2. The molecule has 0 heterocycles. The van der Waals surface area contributed by atoms with Gasteiger partial charge in [-0.3, -0.25) is 9.52 Å². The van der Waals surface area contributed by atoms with Gasteiger partial charge in [0.25, 0.3) is 15.9 Å². The molecule has 0 saturated heterocycles. The van der Waals surface area contributed by atoms with E-state index in [2.05, 4.69) is 10.0 Å². The molecule has 3 rings (SSSR count). The summed E-state index contributed by atoms with van der Waals surface area (Å²) < 4.78 is 27.6. The van der Waals surface area contributed by atoms with Crippen molar-refractivity contribution in [3.05, 3.63) is 82.3 Å². The lowest BCUT2D eigenvalue weighted by molar-refractivity contribution is 0.102. The third kappa shape index (κ3) is 5.05. The molecule has 29 heavy (non-hydrogen) atoms. The fourth-order valence-corrected chi connectivity index (χ4v) is 4.61. The Bertz CT molecular complexity index is 1150. The number of sulfonamides is 1. The van der Waals surface area contributed by atoms with E-state index >= 15 is 0 Å². The Morgan fingerprint density at radius 3 is 2.31 bits per heavy atom. The summed E-state index contributed by atoms with van der Waals surface area (Å²) in [7, 11) is -3.87. The van der Waals surface area contributed by atoms with Crippen LogP contribution in [-0.2, 0) is 10.0 Å².